The standard InChI is InChI=1S/C11H12N2O2/c1-7(2)11(14)15-10-6-8(3)4-5-9(10)13-12/h4-6,12H,1H2,2-3H3. The molecular formula is C11H12N2O2. The van der Waals surface area contributed by atoms with E-state index in [1.165, 1.54) is 0 Å². The van der Waals surface area contributed by atoms with Gasteiger partial charge in [-0.25, -0.2) is 10.3 Å². The van der Waals surface area contributed by atoms with Crippen LogP contribution in [0.1, 0.15) is 12.5 Å². The normalized spacial score (nSPS) is 9.47. The number of hydrogen-bond acceptors (Lipinski definition) is 4. The first-order valence-corrected chi connectivity index (χ1v) is 4.40. The highest BCUT2D eigenvalue weighted by Gasteiger charge is 2.09. The van der Waals surface area contributed by atoms with Gasteiger partial charge in [-0.05, 0) is 31.5 Å². The van der Waals surface area contributed by atoms with Crippen molar-refractivity contribution in [3.8, 4) is 5.75 Å². The minimum atomic E-state index is -0.509. The van der Waals surface area contributed by atoms with Crippen LogP contribution in [0.5, 0.6) is 5.75 Å². The summed E-state index contributed by atoms with van der Waals surface area (Å²) in [6.45, 7) is 6.91. The molecule has 1 aromatic rings. The molecule has 0 spiro atoms. The molecule has 1 rings (SSSR count). The Balaban J connectivity index is 3.02. The Morgan fingerprint density at radius 2 is 2.20 bits per heavy atom. The maximum Gasteiger partial charge on any atom is 0.338 e. The molecule has 4 heteroatoms. The van der Waals surface area contributed by atoms with Crippen molar-refractivity contribution in [2.24, 2.45) is 5.11 Å². The third-order valence-electron chi connectivity index (χ3n) is 1.79. The first kappa shape index (κ1) is 11.1. The molecule has 78 valence electrons. The highest BCUT2D eigenvalue weighted by molar-refractivity contribution is 5.89. The van der Waals surface area contributed by atoms with Crippen molar-refractivity contribution < 1.29 is 9.53 Å². The van der Waals surface area contributed by atoms with Gasteiger partial charge < -0.3 is 4.74 Å². The van der Waals surface area contributed by atoms with Crippen LogP contribution in [0.25, 0.3) is 0 Å². The number of benzene rings is 1. The number of nitrogens with zero attached hydrogens (tertiary/aromatic N) is 1. The molecule has 0 aliphatic carbocycles. The Bertz CT molecular complexity index is 425. The van der Waals surface area contributed by atoms with Crippen LogP contribution < -0.4 is 4.74 Å². The zero-order valence-electron chi connectivity index (χ0n) is 8.70. The predicted molar refractivity (Wildman–Crippen MR) is 56.4 cm³/mol. The van der Waals surface area contributed by atoms with Gasteiger partial charge in [0.05, 0.1) is 0 Å². The molecule has 0 saturated heterocycles. The average molecular weight is 204 g/mol. The van der Waals surface area contributed by atoms with E-state index in [0.717, 1.165) is 5.56 Å². The number of esters is 1. The van der Waals surface area contributed by atoms with Crippen molar-refractivity contribution in [1.29, 1.82) is 5.53 Å². The van der Waals surface area contributed by atoms with Crippen LogP contribution in [0.3, 0.4) is 0 Å². The molecular weight excluding hydrogens is 192 g/mol. The van der Waals surface area contributed by atoms with E-state index in [1.54, 1.807) is 25.1 Å². The van der Waals surface area contributed by atoms with Gasteiger partial charge in [-0.15, -0.1) is 0 Å². The Morgan fingerprint density at radius 1 is 1.53 bits per heavy atom. The Labute approximate surface area is 88.1 Å². The third kappa shape index (κ3) is 2.74. The lowest BCUT2D eigenvalue weighted by Crippen LogP contribution is -2.08. The fraction of sp³-hybridized carbons (Fsp3) is 0.182. The molecule has 15 heavy (non-hydrogen) atoms. The zero-order valence-corrected chi connectivity index (χ0v) is 8.70. The molecule has 1 N–H and O–H groups in total. The zero-order chi connectivity index (χ0) is 11.4. The molecule has 0 aromatic heterocycles. The molecule has 0 unspecified atom stereocenters. The summed E-state index contributed by atoms with van der Waals surface area (Å²) in [5, 5.41) is 3.27. The third-order valence-corrected chi connectivity index (χ3v) is 1.79. The van der Waals surface area contributed by atoms with E-state index >= 15 is 0 Å². The van der Waals surface area contributed by atoms with Gasteiger partial charge in [0.15, 0.2) is 5.75 Å². The summed E-state index contributed by atoms with van der Waals surface area (Å²) in [6, 6.07) is 5.09. The van der Waals surface area contributed by atoms with Gasteiger partial charge in [0, 0.05) is 5.57 Å². The molecule has 0 fully saturated rings. The molecule has 0 atom stereocenters. The van der Waals surface area contributed by atoms with Crippen molar-refractivity contribution in [3.63, 3.8) is 0 Å². The average Bonchev–Trinajstić information content (AvgIpc) is 2.18. The summed E-state index contributed by atoms with van der Waals surface area (Å²) in [7, 11) is 0. The van der Waals surface area contributed by atoms with Crippen LogP contribution >= 0.6 is 0 Å². The van der Waals surface area contributed by atoms with Gasteiger partial charge in [-0.1, -0.05) is 12.6 Å². The van der Waals surface area contributed by atoms with Gasteiger partial charge >= 0.3 is 5.97 Å². The Morgan fingerprint density at radius 3 is 2.73 bits per heavy atom. The summed E-state index contributed by atoms with van der Waals surface area (Å²) in [4.78, 5) is 11.3. The number of nitrogens with one attached hydrogen (secondary N) is 1. The molecule has 0 amide bonds. The lowest BCUT2D eigenvalue weighted by Gasteiger charge is -2.06. The van der Waals surface area contributed by atoms with E-state index in [0.29, 0.717) is 11.3 Å². The van der Waals surface area contributed by atoms with Crippen LogP contribution in [0.15, 0.2) is 35.5 Å². The molecule has 0 saturated carbocycles. The number of carbonyl (C=O) groups is 1. The fourth-order valence-corrected chi connectivity index (χ4v) is 0.982. The molecule has 0 bridgehead atoms. The fourth-order valence-electron chi connectivity index (χ4n) is 0.982. The quantitative estimate of drug-likeness (QED) is 0.356. The topological polar surface area (TPSA) is 62.5 Å². The van der Waals surface area contributed by atoms with Crippen molar-refractivity contribution >= 4 is 11.7 Å². The lowest BCUT2D eigenvalue weighted by atomic mass is 10.2. The van der Waals surface area contributed by atoms with Crippen molar-refractivity contribution in [1.82, 2.24) is 0 Å². The number of aryl methyl sites for hydroxylation is 1. The van der Waals surface area contributed by atoms with Crippen LogP contribution in [0.2, 0.25) is 0 Å². The molecule has 0 aliphatic rings. The van der Waals surface area contributed by atoms with E-state index in [4.69, 9.17) is 10.3 Å². The Hall–Kier alpha value is -1.97. The smallest absolute Gasteiger partial charge is 0.338 e. The molecule has 4 nitrogen and oxygen atoms in total. The monoisotopic (exact) mass is 204 g/mol. The van der Waals surface area contributed by atoms with Gasteiger partial charge in [-0.2, -0.15) is 5.11 Å². The van der Waals surface area contributed by atoms with Crippen LogP contribution in [-0.4, -0.2) is 5.97 Å². The van der Waals surface area contributed by atoms with Gasteiger partial charge in [0.1, 0.15) is 5.69 Å². The van der Waals surface area contributed by atoms with E-state index in [9.17, 15) is 4.79 Å². The second-order valence-corrected chi connectivity index (χ2v) is 3.25. The Kier molecular flexibility index (Phi) is 3.33. The van der Waals surface area contributed by atoms with Crippen molar-refractivity contribution in [2.45, 2.75) is 13.8 Å². The van der Waals surface area contributed by atoms with Gasteiger partial charge in [0.25, 0.3) is 0 Å². The minimum absolute atomic E-state index is 0.290. The van der Waals surface area contributed by atoms with Crippen LogP contribution in [-0.2, 0) is 4.79 Å². The summed E-state index contributed by atoms with van der Waals surface area (Å²) in [6.07, 6.45) is 0. The van der Waals surface area contributed by atoms with Gasteiger partial charge in [-0.3, -0.25) is 0 Å². The van der Waals surface area contributed by atoms with Crippen LogP contribution in [0.4, 0.5) is 5.69 Å². The van der Waals surface area contributed by atoms with Crippen molar-refractivity contribution in [3.05, 3.63) is 35.9 Å². The minimum Gasteiger partial charge on any atom is -0.421 e. The highest BCUT2D eigenvalue weighted by atomic mass is 16.5. The number of hydrogen-bond donors (Lipinski definition) is 1. The maximum atomic E-state index is 11.3. The second-order valence-electron chi connectivity index (χ2n) is 3.25. The lowest BCUT2D eigenvalue weighted by molar-refractivity contribution is -0.130. The summed E-state index contributed by atoms with van der Waals surface area (Å²) >= 11 is 0. The highest BCUT2D eigenvalue weighted by Crippen LogP contribution is 2.28. The molecule has 0 radical (unpaired) electrons. The molecule has 0 heterocycles. The second kappa shape index (κ2) is 4.50. The number of ether oxygens (including phenoxy) is 1. The summed E-state index contributed by atoms with van der Waals surface area (Å²) in [5.41, 5.74) is 8.50. The van der Waals surface area contributed by atoms with E-state index in [2.05, 4.69) is 11.7 Å². The summed E-state index contributed by atoms with van der Waals surface area (Å²) < 4.78 is 5.03. The molecule has 0 aliphatic heterocycles. The first-order chi connectivity index (χ1) is 7.04. The van der Waals surface area contributed by atoms with Gasteiger partial charge in [0.2, 0.25) is 0 Å². The van der Waals surface area contributed by atoms with E-state index in [1.807, 2.05) is 6.92 Å². The van der Waals surface area contributed by atoms with E-state index < -0.39 is 5.97 Å². The van der Waals surface area contributed by atoms with Crippen LogP contribution in [0, 0.1) is 12.5 Å². The number of rotatable bonds is 3. The largest absolute Gasteiger partial charge is 0.421 e. The first-order valence-electron chi connectivity index (χ1n) is 4.40. The SMILES string of the molecule is C=C(C)C(=O)Oc1cc(C)ccc1N=N. The van der Waals surface area contributed by atoms with Crippen molar-refractivity contribution in [2.75, 3.05) is 0 Å². The molecule has 1 aromatic carbocycles. The number of carbonyl (C=O) groups excluding carboxylic acids is 1. The predicted octanol–water partition coefficient (Wildman–Crippen LogP) is 3.14. The summed E-state index contributed by atoms with van der Waals surface area (Å²) in [5.74, 6) is -0.219. The van der Waals surface area contributed by atoms with E-state index in [-0.39, 0.29) is 5.75 Å². The maximum absolute atomic E-state index is 11.3.